The van der Waals surface area contributed by atoms with Crippen LogP contribution in [-0.2, 0) is 20.7 Å². The molecular formula is C22H29N3O4. The zero-order chi connectivity index (χ0) is 20.4. The van der Waals surface area contributed by atoms with Gasteiger partial charge in [0.1, 0.15) is 5.58 Å². The van der Waals surface area contributed by atoms with Crippen LogP contribution in [0.15, 0.2) is 22.8 Å². The Kier molecular flexibility index (Phi) is 5.87. The third kappa shape index (κ3) is 4.46. The molecule has 29 heavy (non-hydrogen) atoms. The quantitative estimate of drug-likeness (QED) is 0.781. The van der Waals surface area contributed by atoms with Crippen molar-refractivity contribution in [2.75, 3.05) is 59.0 Å². The number of hydrogen-bond donors (Lipinski definition) is 0. The molecule has 2 amide bonds. The maximum Gasteiger partial charge on any atom is 0.236 e. The summed E-state index contributed by atoms with van der Waals surface area (Å²) in [5.74, 6) is 0.233. The largest absolute Gasteiger partial charge is 0.464 e. The van der Waals surface area contributed by atoms with Gasteiger partial charge in [-0.1, -0.05) is 0 Å². The molecule has 1 aromatic heterocycles. The Morgan fingerprint density at radius 3 is 2.21 bits per heavy atom. The van der Waals surface area contributed by atoms with Crippen LogP contribution in [0.25, 0.3) is 11.0 Å². The molecule has 2 aliphatic rings. The first-order valence-corrected chi connectivity index (χ1v) is 10.3. The second-order valence-corrected chi connectivity index (χ2v) is 8.02. The van der Waals surface area contributed by atoms with Gasteiger partial charge in [0.25, 0.3) is 0 Å². The predicted molar refractivity (Wildman–Crippen MR) is 110 cm³/mol. The van der Waals surface area contributed by atoms with E-state index in [0.717, 1.165) is 29.6 Å². The van der Waals surface area contributed by atoms with Crippen molar-refractivity contribution >= 4 is 22.8 Å². The van der Waals surface area contributed by atoms with E-state index in [0.29, 0.717) is 52.4 Å². The van der Waals surface area contributed by atoms with Crippen LogP contribution in [0.1, 0.15) is 16.7 Å². The standard InChI is InChI=1S/C22H29N3O4/c1-16-11-19-18(15-29-20(19)12-17(16)2)13-21(26)24-3-5-25(6-4-24)22(27)14-23-7-9-28-10-8-23/h11-12,15H,3-10,13-14H2,1-2H3. The first-order valence-electron chi connectivity index (χ1n) is 10.3. The second-order valence-electron chi connectivity index (χ2n) is 8.02. The van der Waals surface area contributed by atoms with E-state index in [2.05, 4.69) is 24.8 Å². The van der Waals surface area contributed by atoms with Crippen molar-refractivity contribution in [3.8, 4) is 0 Å². The van der Waals surface area contributed by atoms with Gasteiger partial charge in [-0.15, -0.1) is 0 Å². The first kappa shape index (κ1) is 19.9. The summed E-state index contributed by atoms with van der Waals surface area (Å²) >= 11 is 0. The fourth-order valence-electron chi connectivity index (χ4n) is 4.00. The van der Waals surface area contributed by atoms with Crippen LogP contribution in [0.2, 0.25) is 0 Å². The number of benzene rings is 1. The van der Waals surface area contributed by atoms with Crippen LogP contribution in [0.4, 0.5) is 0 Å². The third-order valence-corrected chi connectivity index (χ3v) is 6.06. The molecule has 0 radical (unpaired) electrons. The fraction of sp³-hybridized carbons (Fsp3) is 0.545. The summed E-state index contributed by atoms with van der Waals surface area (Å²) < 4.78 is 11.0. The Hall–Kier alpha value is -2.38. The molecule has 0 N–H and O–H groups in total. The average Bonchev–Trinajstić information content (AvgIpc) is 3.10. The molecule has 0 atom stereocenters. The van der Waals surface area contributed by atoms with E-state index in [1.807, 2.05) is 15.9 Å². The topological polar surface area (TPSA) is 66.2 Å². The molecule has 2 aliphatic heterocycles. The van der Waals surface area contributed by atoms with Crippen molar-refractivity contribution in [2.24, 2.45) is 0 Å². The Bertz CT molecular complexity index is 893. The Morgan fingerprint density at radius 1 is 0.897 bits per heavy atom. The maximum atomic E-state index is 12.8. The highest BCUT2D eigenvalue weighted by Gasteiger charge is 2.26. The first-order chi connectivity index (χ1) is 14.0. The van der Waals surface area contributed by atoms with Crippen LogP contribution in [0, 0.1) is 13.8 Å². The van der Waals surface area contributed by atoms with Crippen LogP contribution < -0.4 is 0 Å². The minimum atomic E-state index is 0.0891. The van der Waals surface area contributed by atoms with Crippen molar-refractivity contribution < 1.29 is 18.7 Å². The molecule has 1 aromatic carbocycles. The molecule has 2 fully saturated rings. The van der Waals surface area contributed by atoms with E-state index in [1.165, 1.54) is 11.1 Å². The molecule has 7 nitrogen and oxygen atoms in total. The lowest BCUT2D eigenvalue weighted by Crippen LogP contribution is -2.53. The summed E-state index contributed by atoms with van der Waals surface area (Å²) in [5.41, 5.74) is 4.14. The second kappa shape index (κ2) is 8.55. The van der Waals surface area contributed by atoms with Crippen molar-refractivity contribution in [2.45, 2.75) is 20.3 Å². The molecule has 156 valence electrons. The molecule has 0 saturated carbocycles. The fourth-order valence-corrected chi connectivity index (χ4v) is 4.00. The van der Waals surface area contributed by atoms with Crippen LogP contribution in [-0.4, -0.2) is 85.5 Å². The van der Waals surface area contributed by atoms with E-state index < -0.39 is 0 Å². The summed E-state index contributed by atoms with van der Waals surface area (Å²) in [4.78, 5) is 31.2. The van der Waals surface area contributed by atoms with Gasteiger partial charge in [0.05, 0.1) is 32.4 Å². The summed E-state index contributed by atoms with van der Waals surface area (Å²) in [6.07, 6.45) is 2.03. The predicted octanol–water partition coefficient (Wildman–Crippen LogP) is 1.60. The lowest BCUT2D eigenvalue weighted by Gasteiger charge is -2.36. The molecule has 0 unspecified atom stereocenters. The minimum Gasteiger partial charge on any atom is -0.464 e. The van der Waals surface area contributed by atoms with Gasteiger partial charge < -0.3 is 19.0 Å². The van der Waals surface area contributed by atoms with Gasteiger partial charge in [0.15, 0.2) is 0 Å². The van der Waals surface area contributed by atoms with Crippen molar-refractivity contribution in [1.82, 2.24) is 14.7 Å². The number of nitrogens with zero attached hydrogens (tertiary/aromatic N) is 3. The summed E-state index contributed by atoms with van der Waals surface area (Å²) in [5, 5.41) is 1.01. The number of morpholine rings is 1. The summed E-state index contributed by atoms with van der Waals surface area (Å²) in [7, 11) is 0. The molecule has 0 spiro atoms. The highest BCUT2D eigenvalue weighted by molar-refractivity contribution is 5.88. The molecule has 2 aromatic rings. The normalized spacial score (nSPS) is 18.4. The number of fused-ring (bicyclic) bond motifs is 1. The van der Waals surface area contributed by atoms with Crippen LogP contribution in [0.3, 0.4) is 0 Å². The van der Waals surface area contributed by atoms with Gasteiger partial charge in [0, 0.05) is 50.2 Å². The molecule has 2 saturated heterocycles. The number of rotatable bonds is 4. The molecule has 3 heterocycles. The monoisotopic (exact) mass is 399 g/mol. The number of amides is 2. The molecule has 0 bridgehead atoms. The zero-order valence-corrected chi connectivity index (χ0v) is 17.3. The average molecular weight is 399 g/mol. The van der Waals surface area contributed by atoms with Gasteiger partial charge in [-0.2, -0.15) is 0 Å². The number of hydrogen-bond acceptors (Lipinski definition) is 5. The van der Waals surface area contributed by atoms with Gasteiger partial charge in [0.2, 0.25) is 11.8 Å². The van der Waals surface area contributed by atoms with Gasteiger partial charge >= 0.3 is 0 Å². The number of ether oxygens (including phenoxy) is 1. The van der Waals surface area contributed by atoms with Gasteiger partial charge in [-0.3, -0.25) is 14.5 Å². The molecule has 0 aliphatic carbocycles. The highest BCUT2D eigenvalue weighted by atomic mass is 16.5. The Morgan fingerprint density at radius 2 is 1.52 bits per heavy atom. The summed E-state index contributed by atoms with van der Waals surface area (Å²) in [6.45, 7) is 9.93. The molecule has 7 heteroatoms. The molecular weight excluding hydrogens is 370 g/mol. The Labute approximate surface area is 171 Å². The van der Waals surface area contributed by atoms with E-state index in [1.54, 1.807) is 6.26 Å². The Balaban J connectivity index is 1.31. The number of furan rings is 1. The van der Waals surface area contributed by atoms with Gasteiger partial charge in [-0.05, 0) is 37.1 Å². The van der Waals surface area contributed by atoms with E-state index >= 15 is 0 Å². The zero-order valence-electron chi connectivity index (χ0n) is 17.3. The van der Waals surface area contributed by atoms with Crippen molar-refractivity contribution in [1.29, 1.82) is 0 Å². The lowest BCUT2D eigenvalue weighted by atomic mass is 10.0. The van der Waals surface area contributed by atoms with E-state index in [4.69, 9.17) is 9.15 Å². The van der Waals surface area contributed by atoms with Gasteiger partial charge in [-0.25, -0.2) is 0 Å². The van der Waals surface area contributed by atoms with E-state index in [-0.39, 0.29) is 11.8 Å². The number of aryl methyl sites for hydroxylation is 2. The number of carbonyl (C=O) groups excluding carboxylic acids is 2. The van der Waals surface area contributed by atoms with Crippen LogP contribution in [0.5, 0.6) is 0 Å². The SMILES string of the molecule is Cc1cc2occ(CC(=O)N3CCN(C(=O)CN4CCOCC4)CC3)c2cc1C. The van der Waals surface area contributed by atoms with Crippen LogP contribution >= 0.6 is 0 Å². The molecule has 4 rings (SSSR count). The third-order valence-electron chi connectivity index (χ3n) is 6.06. The maximum absolute atomic E-state index is 12.8. The minimum absolute atomic E-state index is 0.0891. The van der Waals surface area contributed by atoms with E-state index in [9.17, 15) is 9.59 Å². The lowest BCUT2D eigenvalue weighted by molar-refractivity contribution is -0.140. The highest BCUT2D eigenvalue weighted by Crippen LogP contribution is 2.25. The smallest absolute Gasteiger partial charge is 0.236 e. The number of piperazine rings is 1. The number of carbonyl (C=O) groups is 2. The van der Waals surface area contributed by atoms with Crippen molar-refractivity contribution in [3.63, 3.8) is 0 Å². The summed E-state index contributed by atoms with van der Waals surface area (Å²) in [6, 6.07) is 4.12. The van der Waals surface area contributed by atoms with Crippen molar-refractivity contribution in [3.05, 3.63) is 35.1 Å².